The number of rotatable bonds is 2. The Labute approximate surface area is 116 Å². The molecular weight excluding hydrogens is 372 g/mol. The molecule has 2 heteroatoms. The zero-order valence-corrected chi connectivity index (χ0v) is 12.7. The van der Waals surface area contributed by atoms with Crippen LogP contribution in [0.4, 0.5) is 0 Å². The summed E-state index contributed by atoms with van der Waals surface area (Å²) in [6.45, 7) is 0. The molecule has 0 saturated heterocycles. The summed E-state index contributed by atoms with van der Waals surface area (Å²) in [5.41, 5.74) is 0. The molecule has 71 valence electrons. The van der Waals surface area contributed by atoms with Crippen molar-refractivity contribution in [2.45, 2.75) is 0 Å². The molecule has 0 aliphatic heterocycles. The van der Waals surface area contributed by atoms with Crippen molar-refractivity contribution in [1.82, 2.24) is 0 Å². The molecule has 0 atom stereocenters. The van der Waals surface area contributed by atoms with Gasteiger partial charge in [0.25, 0.3) is 0 Å². The van der Waals surface area contributed by atoms with E-state index in [0.29, 0.717) is 0 Å². The first-order valence-corrected chi connectivity index (χ1v) is 7.75. The van der Waals surface area contributed by atoms with Crippen LogP contribution in [0.5, 0.6) is 0 Å². The Morgan fingerprint density at radius 3 is 1.27 bits per heavy atom. The van der Waals surface area contributed by atoms with Crippen molar-refractivity contribution in [3.63, 3.8) is 0 Å². The molecule has 2 aromatic rings. The number of hydrogen-bond acceptors (Lipinski definition) is 0. The minimum atomic E-state index is -0.613. The summed E-state index contributed by atoms with van der Waals surface area (Å²) in [7, 11) is 0. The second-order valence-corrected chi connectivity index (χ2v) is 7.67. The Kier molecular flexibility index (Phi) is 8.07. The first kappa shape index (κ1) is 14.9. The molecule has 0 N–H and O–H groups in total. The Morgan fingerprint density at radius 2 is 0.933 bits per heavy atom. The molecule has 0 aromatic heterocycles. The van der Waals surface area contributed by atoms with E-state index in [1.54, 1.807) is 6.54 Å². The summed E-state index contributed by atoms with van der Waals surface area (Å²) in [6, 6.07) is 21.6. The van der Waals surface area contributed by atoms with Gasteiger partial charge in [0.05, 0.1) is 0 Å². The normalized spacial score (nSPS) is 8.53. The van der Waals surface area contributed by atoms with Crippen LogP contribution in [0.1, 0.15) is 0 Å². The van der Waals surface area contributed by atoms with Crippen LogP contribution in [0.3, 0.4) is 0 Å². The minimum absolute atomic E-state index is 0. The fraction of sp³-hybridized carbons (Fsp3) is 0. The summed E-state index contributed by atoms with van der Waals surface area (Å²) < 4.78 is 3.10. The molecular formula is C13H13BiLi. The van der Waals surface area contributed by atoms with Gasteiger partial charge in [0.1, 0.15) is 0 Å². The van der Waals surface area contributed by atoms with Crippen LogP contribution in [0.2, 0.25) is 0 Å². The number of benzene rings is 2. The topological polar surface area (TPSA) is 0 Å². The molecule has 0 spiro atoms. The van der Waals surface area contributed by atoms with Crippen LogP contribution >= 0.6 is 0 Å². The molecule has 0 aliphatic rings. The summed E-state index contributed by atoms with van der Waals surface area (Å²) in [6.07, 6.45) is 0. The molecule has 0 fully saturated rings. The van der Waals surface area contributed by atoms with Gasteiger partial charge in [0.15, 0.2) is 0 Å². The van der Waals surface area contributed by atoms with E-state index >= 15 is 0 Å². The second-order valence-electron chi connectivity index (χ2n) is 2.78. The maximum absolute atomic E-state index is 2.24. The molecule has 0 heterocycles. The van der Waals surface area contributed by atoms with E-state index in [1.165, 1.54) is 0 Å². The first-order valence-electron chi connectivity index (χ1n) is 4.27. The van der Waals surface area contributed by atoms with Gasteiger partial charge in [0, 0.05) is 0 Å². The van der Waals surface area contributed by atoms with Crippen LogP contribution in [-0.2, 0) is 0 Å². The third kappa shape index (κ3) is 4.98. The van der Waals surface area contributed by atoms with E-state index < -0.39 is 23.2 Å². The van der Waals surface area contributed by atoms with E-state index in [-0.39, 0.29) is 26.3 Å². The van der Waals surface area contributed by atoms with Crippen molar-refractivity contribution < 1.29 is 18.9 Å². The average molecular weight is 385 g/mol. The fourth-order valence-corrected chi connectivity index (χ4v) is 4.81. The molecule has 0 nitrogen and oxygen atoms in total. The Bertz CT molecular complexity index is 321. The van der Waals surface area contributed by atoms with Gasteiger partial charge in [-0.1, -0.05) is 0 Å². The number of hydrogen-bond donors (Lipinski definition) is 0. The summed E-state index contributed by atoms with van der Waals surface area (Å²) in [5.74, 6) is 0. The fourth-order valence-electron chi connectivity index (χ4n) is 1.15. The average Bonchev–Trinajstić information content (AvgIpc) is 2.21. The SMILES string of the molecule is [CH3-].[Li+].c1cc[c]([Bi][c]2ccccc2)cc1. The molecule has 0 aliphatic carbocycles. The zero-order valence-electron chi connectivity index (χ0n) is 9.22. The van der Waals surface area contributed by atoms with Crippen LogP contribution in [-0.4, -0.2) is 23.2 Å². The van der Waals surface area contributed by atoms with Gasteiger partial charge < -0.3 is 7.43 Å². The standard InChI is InChI=1S/2C6H5.CH3.Bi.Li/c2*1-2-4-6-5-3-1;;;/h2*1-5H;1H3;;/q;;-1;;+1. The van der Waals surface area contributed by atoms with Gasteiger partial charge in [-0.25, -0.2) is 0 Å². The summed E-state index contributed by atoms with van der Waals surface area (Å²) in [4.78, 5) is 0. The third-order valence-electron chi connectivity index (χ3n) is 1.77. The molecule has 1 radical (unpaired) electrons. The van der Waals surface area contributed by atoms with Gasteiger partial charge in [0.2, 0.25) is 0 Å². The summed E-state index contributed by atoms with van der Waals surface area (Å²) >= 11 is -0.613. The van der Waals surface area contributed by atoms with Gasteiger partial charge in [-0.3, -0.25) is 0 Å². The molecule has 2 aromatic carbocycles. The van der Waals surface area contributed by atoms with Gasteiger partial charge >= 0.3 is 109 Å². The Hall–Kier alpha value is -0.0795. The molecule has 0 bridgehead atoms. The van der Waals surface area contributed by atoms with Crippen LogP contribution in [0, 0.1) is 7.43 Å². The van der Waals surface area contributed by atoms with Crippen molar-refractivity contribution in [3.8, 4) is 0 Å². The predicted octanol–water partition coefficient (Wildman–Crippen LogP) is -1.20. The van der Waals surface area contributed by atoms with Crippen LogP contribution in [0.25, 0.3) is 0 Å². The molecule has 0 saturated carbocycles. The van der Waals surface area contributed by atoms with Crippen molar-refractivity contribution in [2.24, 2.45) is 0 Å². The second kappa shape index (κ2) is 8.12. The van der Waals surface area contributed by atoms with E-state index in [2.05, 4.69) is 60.7 Å². The maximum atomic E-state index is 2.24. The van der Waals surface area contributed by atoms with Crippen molar-refractivity contribution in [3.05, 3.63) is 68.1 Å². The third-order valence-corrected chi connectivity index (χ3v) is 6.10. The molecule has 2 rings (SSSR count). The van der Waals surface area contributed by atoms with Gasteiger partial charge in [-0.2, -0.15) is 0 Å². The molecule has 0 unspecified atom stereocenters. The molecule has 15 heavy (non-hydrogen) atoms. The predicted molar refractivity (Wildman–Crippen MR) is 64.3 cm³/mol. The Balaban J connectivity index is 0.000000980. The summed E-state index contributed by atoms with van der Waals surface area (Å²) in [5, 5.41) is 0. The zero-order chi connectivity index (χ0) is 8.93. The monoisotopic (exact) mass is 385 g/mol. The van der Waals surface area contributed by atoms with Gasteiger partial charge in [-0.05, 0) is 0 Å². The van der Waals surface area contributed by atoms with Crippen molar-refractivity contribution in [2.75, 3.05) is 0 Å². The first-order chi connectivity index (χ1) is 6.45. The van der Waals surface area contributed by atoms with E-state index in [9.17, 15) is 0 Å². The van der Waals surface area contributed by atoms with Crippen LogP contribution in [0.15, 0.2) is 60.7 Å². The van der Waals surface area contributed by atoms with E-state index in [4.69, 9.17) is 0 Å². The quantitative estimate of drug-likeness (QED) is 0.450. The Morgan fingerprint density at radius 1 is 0.600 bits per heavy atom. The van der Waals surface area contributed by atoms with Gasteiger partial charge in [-0.15, -0.1) is 0 Å². The van der Waals surface area contributed by atoms with Crippen molar-refractivity contribution >= 4 is 29.8 Å². The van der Waals surface area contributed by atoms with E-state index in [0.717, 1.165) is 0 Å². The molecule has 0 amide bonds. The van der Waals surface area contributed by atoms with Crippen LogP contribution < -0.4 is 25.4 Å². The van der Waals surface area contributed by atoms with Crippen molar-refractivity contribution in [1.29, 1.82) is 0 Å². The van der Waals surface area contributed by atoms with E-state index in [1.807, 2.05) is 0 Å².